The molecule has 0 aliphatic carbocycles. The van der Waals surface area contributed by atoms with Gasteiger partial charge in [-0.3, -0.25) is 0 Å². The molecule has 83 valence electrons. The smallest absolute Gasteiger partial charge is 0.384 e. The van der Waals surface area contributed by atoms with Crippen molar-refractivity contribution in [1.29, 1.82) is 0 Å². The van der Waals surface area contributed by atoms with Gasteiger partial charge < -0.3 is 8.85 Å². The van der Waals surface area contributed by atoms with E-state index in [4.69, 9.17) is 8.85 Å². The largest absolute Gasteiger partial charge is 0.397 e. The number of benzene rings is 1. The molecule has 3 heteroatoms. The van der Waals surface area contributed by atoms with Gasteiger partial charge >= 0.3 is 9.28 Å². The summed E-state index contributed by atoms with van der Waals surface area (Å²) in [4.78, 5) is 0. The van der Waals surface area contributed by atoms with E-state index in [-0.39, 0.29) is 0 Å². The predicted octanol–water partition coefficient (Wildman–Crippen LogP) is 2.79. The minimum atomic E-state index is -0.977. The van der Waals surface area contributed by atoms with Crippen molar-refractivity contribution >= 4 is 9.28 Å². The van der Waals surface area contributed by atoms with Crippen LogP contribution in [-0.2, 0) is 15.3 Å². The molecule has 1 aromatic carbocycles. The van der Waals surface area contributed by atoms with E-state index in [9.17, 15) is 0 Å². The van der Waals surface area contributed by atoms with Gasteiger partial charge in [-0.2, -0.15) is 0 Å². The van der Waals surface area contributed by atoms with Crippen molar-refractivity contribution in [3.63, 3.8) is 0 Å². The second kappa shape index (κ2) is 7.62. The van der Waals surface area contributed by atoms with Crippen molar-refractivity contribution in [2.75, 3.05) is 14.2 Å². The summed E-state index contributed by atoms with van der Waals surface area (Å²) in [6.07, 6.45) is 3.55. The fraction of sp³-hybridized carbons (Fsp3) is 0.500. The fourth-order valence-corrected chi connectivity index (χ4v) is 2.64. The van der Waals surface area contributed by atoms with Crippen molar-refractivity contribution < 1.29 is 8.85 Å². The zero-order chi connectivity index (χ0) is 10.9. The Labute approximate surface area is 94.1 Å². The lowest BCUT2D eigenvalue weighted by Crippen LogP contribution is -2.18. The van der Waals surface area contributed by atoms with Crippen LogP contribution in [0, 0.1) is 0 Å². The minimum Gasteiger partial charge on any atom is -0.397 e. The lowest BCUT2D eigenvalue weighted by molar-refractivity contribution is 0.276. The maximum absolute atomic E-state index is 5.23. The van der Waals surface area contributed by atoms with Crippen molar-refractivity contribution in [2.24, 2.45) is 0 Å². The normalized spacial score (nSPS) is 10.9. The molecule has 1 aromatic rings. The van der Waals surface area contributed by atoms with Crippen LogP contribution in [0.4, 0.5) is 0 Å². The van der Waals surface area contributed by atoms with E-state index in [2.05, 4.69) is 30.3 Å². The van der Waals surface area contributed by atoms with Gasteiger partial charge in [0.25, 0.3) is 0 Å². The highest BCUT2D eigenvalue weighted by atomic mass is 28.3. The quantitative estimate of drug-likeness (QED) is 0.523. The third kappa shape index (κ3) is 5.11. The molecule has 0 spiro atoms. The molecule has 0 saturated carbocycles. The molecule has 0 aliphatic heterocycles. The van der Waals surface area contributed by atoms with Gasteiger partial charge in [0, 0.05) is 14.2 Å². The average Bonchev–Trinajstić information content (AvgIpc) is 2.31. The van der Waals surface area contributed by atoms with Crippen LogP contribution in [0.15, 0.2) is 30.3 Å². The van der Waals surface area contributed by atoms with Crippen molar-refractivity contribution in [3.05, 3.63) is 35.9 Å². The molecule has 0 aliphatic rings. The second-order valence-corrected chi connectivity index (χ2v) is 5.53. The third-order valence-electron chi connectivity index (χ3n) is 2.39. The number of rotatable bonds is 7. The summed E-state index contributed by atoms with van der Waals surface area (Å²) in [5.41, 5.74) is 1.42. The van der Waals surface area contributed by atoms with Gasteiger partial charge in [-0.15, -0.1) is 0 Å². The molecule has 0 atom stereocenters. The average molecular weight is 223 g/mol. The lowest BCUT2D eigenvalue weighted by atomic mass is 10.1. The molecular weight excluding hydrogens is 204 g/mol. The Morgan fingerprint density at radius 2 is 1.67 bits per heavy atom. The molecule has 0 N–H and O–H groups in total. The molecule has 2 nitrogen and oxygen atoms in total. The van der Waals surface area contributed by atoms with Gasteiger partial charge in [0.2, 0.25) is 0 Å². The van der Waals surface area contributed by atoms with Gasteiger partial charge in [-0.25, -0.2) is 0 Å². The SMILES string of the molecule is CO[Si](CCCCc1ccccc1)OC. The van der Waals surface area contributed by atoms with Crippen molar-refractivity contribution in [1.82, 2.24) is 0 Å². The van der Waals surface area contributed by atoms with Crippen LogP contribution in [0.2, 0.25) is 6.04 Å². The first-order valence-electron chi connectivity index (χ1n) is 5.34. The number of unbranched alkanes of at least 4 members (excludes halogenated alkanes) is 1. The lowest BCUT2D eigenvalue weighted by Gasteiger charge is -2.08. The molecule has 0 unspecified atom stereocenters. The Balaban J connectivity index is 2.12. The highest BCUT2D eigenvalue weighted by molar-refractivity contribution is 6.44. The third-order valence-corrected chi connectivity index (χ3v) is 4.07. The van der Waals surface area contributed by atoms with E-state index >= 15 is 0 Å². The number of hydrogen-bond donors (Lipinski definition) is 0. The summed E-state index contributed by atoms with van der Waals surface area (Å²) in [6.45, 7) is 0. The van der Waals surface area contributed by atoms with Gasteiger partial charge in [0.05, 0.1) is 0 Å². The number of hydrogen-bond acceptors (Lipinski definition) is 2. The van der Waals surface area contributed by atoms with Gasteiger partial charge in [-0.05, 0) is 24.4 Å². The minimum absolute atomic E-state index is 0.977. The first kappa shape index (κ1) is 12.4. The summed E-state index contributed by atoms with van der Waals surface area (Å²) in [6, 6.07) is 11.7. The highest BCUT2D eigenvalue weighted by Crippen LogP contribution is 2.08. The Bertz CT molecular complexity index is 247. The molecule has 0 heterocycles. The molecule has 0 fully saturated rings. The topological polar surface area (TPSA) is 18.5 Å². The summed E-state index contributed by atoms with van der Waals surface area (Å²) in [5, 5.41) is 0. The Morgan fingerprint density at radius 3 is 2.27 bits per heavy atom. The molecule has 1 rings (SSSR count). The van der Waals surface area contributed by atoms with Crippen LogP contribution in [0.3, 0.4) is 0 Å². The first-order valence-corrected chi connectivity index (χ1v) is 6.87. The van der Waals surface area contributed by atoms with Crippen LogP contribution >= 0.6 is 0 Å². The summed E-state index contributed by atoms with van der Waals surface area (Å²) in [5.74, 6) is 0. The van der Waals surface area contributed by atoms with Crippen LogP contribution in [0.1, 0.15) is 18.4 Å². The monoisotopic (exact) mass is 223 g/mol. The highest BCUT2D eigenvalue weighted by Gasteiger charge is 2.10. The van der Waals surface area contributed by atoms with E-state index in [1.807, 2.05) is 0 Å². The molecule has 0 saturated heterocycles. The molecule has 15 heavy (non-hydrogen) atoms. The maximum atomic E-state index is 5.23. The Morgan fingerprint density at radius 1 is 1.00 bits per heavy atom. The van der Waals surface area contributed by atoms with Crippen molar-refractivity contribution in [2.45, 2.75) is 25.3 Å². The summed E-state index contributed by atoms with van der Waals surface area (Å²) >= 11 is 0. The van der Waals surface area contributed by atoms with E-state index in [1.54, 1.807) is 14.2 Å². The fourth-order valence-electron chi connectivity index (χ4n) is 1.53. The summed E-state index contributed by atoms with van der Waals surface area (Å²) < 4.78 is 10.5. The maximum Gasteiger partial charge on any atom is 0.384 e. The molecule has 0 aromatic heterocycles. The number of aryl methyl sites for hydroxylation is 1. The van der Waals surface area contributed by atoms with Crippen LogP contribution in [0.5, 0.6) is 0 Å². The first-order chi connectivity index (χ1) is 7.36. The summed E-state index contributed by atoms with van der Waals surface area (Å²) in [7, 11) is 2.49. The molecule has 1 radical (unpaired) electrons. The Hall–Kier alpha value is -0.643. The molecule has 0 amide bonds. The zero-order valence-corrected chi connectivity index (χ0v) is 10.5. The predicted molar refractivity (Wildman–Crippen MR) is 64.0 cm³/mol. The van der Waals surface area contributed by atoms with Crippen LogP contribution in [-0.4, -0.2) is 23.5 Å². The second-order valence-electron chi connectivity index (χ2n) is 3.47. The molecule has 0 bridgehead atoms. The van der Waals surface area contributed by atoms with E-state index in [0.717, 1.165) is 12.5 Å². The Kier molecular flexibility index (Phi) is 6.32. The standard InChI is InChI=1S/C12H19O2Si/c1-13-15(14-2)11-7-6-10-12-8-4-3-5-9-12/h3-5,8-9H,6-7,10-11H2,1-2H3. The van der Waals surface area contributed by atoms with Crippen LogP contribution < -0.4 is 0 Å². The van der Waals surface area contributed by atoms with Crippen LogP contribution in [0.25, 0.3) is 0 Å². The van der Waals surface area contributed by atoms with E-state index in [1.165, 1.54) is 18.4 Å². The van der Waals surface area contributed by atoms with Crippen molar-refractivity contribution in [3.8, 4) is 0 Å². The van der Waals surface area contributed by atoms with Gasteiger partial charge in [0.15, 0.2) is 0 Å². The van der Waals surface area contributed by atoms with Gasteiger partial charge in [0.1, 0.15) is 0 Å². The zero-order valence-electron chi connectivity index (χ0n) is 9.53. The van der Waals surface area contributed by atoms with Gasteiger partial charge in [-0.1, -0.05) is 36.8 Å². The van der Waals surface area contributed by atoms with E-state index < -0.39 is 9.28 Å². The van der Waals surface area contributed by atoms with E-state index in [0.29, 0.717) is 0 Å². The molecular formula is C12H19O2Si.